The molecule has 1 rings (SSSR count). The van der Waals surface area contributed by atoms with E-state index in [1.807, 2.05) is 0 Å². The van der Waals surface area contributed by atoms with E-state index >= 15 is 0 Å². The van der Waals surface area contributed by atoms with Gasteiger partial charge in [0.2, 0.25) is 0 Å². The molecule has 1 aliphatic rings. The van der Waals surface area contributed by atoms with E-state index < -0.39 is 49.9 Å². The number of carbonyl (C=O) groups excluding carboxylic acids is 1. The van der Waals surface area contributed by atoms with Crippen molar-refractivity contribution in [3.8, 4) is 0 Å². The van der Waals surface area contributed by atoms with Crippen LogP contribution in [0, 0.1) is 0 Å². The van der Waals surface area contributed by atoms with Gasteiger partial charge in [-0.15, -0.1) is 0 Å². The maximum Gasteiger partial charge on any atom is 1.00 e. The number of rotatable bonds is 16. The van der Waals surface area contributed by atoms with Crippen LogP contribution in [0.25, 0.3) is 0 Å². The van der Waals surface area contributed by atoms with E-state index in [4.69, 9.17) is 14.2 Å². The number of hydrogen-bond donors (Lipinski definition) is 3. The minimum Gasteiger partial charge on any atom is -0.548 e. The third-order valence-corrected chi connectivity index (χ3v) is 4.99. The van der Waals surface area contributed by atoms with E-state index in [1.54, 1.807) is 0 Å². The van der Waals surface area contributed by atoms with Gasteiger partial charge in [-0.25, -0.2) is 0 Å². The number of aliphatic hydroxyl groups excluding tert-OH is 3. The van der Waals surface area contributed by atoms with Gasteiger partial charge in [0, 0.05) is 6.61 Å². The first-order valence-electron chi connectivity index (χ1n) is 10.6. The number of ether oxygens (including phenoxy) is 3. The molecule has 0 bridgehead atoms. The van der Waals surface area contributed by atoms with Gasteiger partial charge in [0.15, 0.2) is 6.29 Å². The first kappa shape index (κ1) is 29.2. The Labute approximate surface area is 196 Å². The molecule has 0 spiro atoms. The first-order chi connectivity index (χ1) is 13.5. The maximum absolute atomic E-state index is 10.5. The van der Waals surface area contributed by atoms with Crippen LogP contribution in [0.15, 0.2) is 0 Å². The van der Waals surface area contributed by atoms with Gasteiger partial charge in [-0.3, -0.25) is 0 Å². The smallest absolute Gasteiger partial charge is 0.548 e. The molecule has 1 aliphatic heterocycles. The Morgan fingerprint density at radius 2 is 1.48 bits per heavy atom. The number of carboxylic acid groups (broad SMARTS) is 1. The molecule has 1 fully saturated rings. The molecule has 0 aromatic rings. The second-order valence-corrected chi connectivity index (χ2v) is 7.41. The van der Waals surface area contributed by atoms with Gasteiger partial charge in [-0.1, -0.05) is 64.7 Å². The van der Waals surface area contributed by atoms with E-state index in [0.717, 1.165) is 19.3 Å². The van der Waals surface area contributed by atoms with Crippen molar-refractivity contribution >= 4 is 5.97 Å². The summed E-state index contributed by atoms with van der Waals surface area (Å²) >= 11 is 0. The Hall–Kier alpha value is 0.230. The van der Waals surface area contributed by atoms with Gasteiger partial charge < -0.3 is 39.4 Å². The zero-order chi connectivity index (χ0) is 20.8. The molecule has 0 amide bonds. The molecule has 0 radical (unpaired) electrons. The van der Waals surface area contributed by atoms with Crippen molar-refractivity contribution in [2.75, 3.05) is 19.8 Å². The fourth-order valence-electron chi connectivity index (χ4n) is 3.35. The second-order valence-electron chi connectivity index (χ2n) is 7.41. The SMILES string of the molecule is CCCCCCCCCCCCOC1OC(CO)C(OCC(=O)[O-])C(O)C1O.[Na+]. The van der Waals surface area contributed by atoms with E-state index in [-0.39, 0.29) is 29.6 Å². The van der Waals surface area contributed by atoms with Crippen molar-refractivity contribution in [3.63, 3.8) is 0 Å². The van der Waals surface area contributed by atoms with Gasteiger partial charge in [-0.05, 0) is 6.42 Å². The number of carboxylic acids is 1. The zero-order valence-electron chi connectivity index (χ0n) is 18.0. The van der Waals surface area contributed by atoms with Crippen molar-refractivity contribution in [2.45, 2.75) is 102 Å². The molecule has 8 nitrogen and oxygen atoms in total. The van der Waals surface area contributed by atoms with E-state index in [1.165, 1.54) is 44.9 Å². The second kappa shape index (κ2) is 17.9. The van der Waals surface area contributed by atoms with Crippen LogP contribution in [0.4, 0.5) is 0 Å². The van der Waals surface area contributed by atoms with E-state index in [2.05, 4.69) is 6.92 Å². The number of aliphatic carboxylic acids is 1. The van der Waals surface area contributed by atoms with Gasteiger partial charge in [0.1, 0.15) is 24.4 Å². The zero-order valence-corrected chi connectivity index (χ0v) is 20.0. The molecule has 1 heterocycles. The Morgan fingerprint density at radius 1 is 0.931 bits per heavy atom. The van der Waals surface area contributed by atoms with Crippen molar-refractivity contribution in [2.24, 2.45) is 0 Å². The van der Waals surface area contributed by atoms with Crippen LogP contribution in [-0.2, 0) is 19.0 Å². The third-order valence-electron chi connectivity index (χ3n) is 4.99. The predicted molar refractivity (Wildman–Crippen MR) is 100 cm³/mol. The summed E-state index contributed by atoms with van der Waals surface area (Å²) in [5.74, 6) is -1.46. The molecule has 166 valence electrons. The fraction of sp³-hybridized carbons (Fsp3) is 0.950. The van der Waals surface area contributed by atoms with Crippen LogP contribution in [0.3, 0.4) is 0 Å². The molecule has 0 aliphatic carbocycles. The fourth-order valence-corrected chi connectivity index (χ4v) is 3.35. The molecule has 9 heteroatoms. The topological polar surface area (TPSA) is 129 Å². The van der Waals surface area contributed by atoms with Gasteiger partial charge in [0.05, 0.1) is 19.2 Å². The molecule has 3 N–H and O–H groups in total. The number of hydrogen-bond acceptors (Lipinski definition) is 8. The van der Waals surface area contributed by atoms with E-state index in [9.17, 15) is 25.2 Å². The first-order valence-corrected chi connectivity index (χ1v) is 10.6. The summed E-state index contributed by atoms with van der Waals surface area (Å²) in [6, 6.07) is 0. The maximum atomic E-state index is 10.5. The molecule has 1 saturated heterocycles. The Kier molecular flexibility index (Phi) is 18.0. The quantitative estimate of drug-likeness (QED) is 0.182. The van der Waals surface area contributed by atoms with Crippen molar-refractivity contribution in [1.29, 1.82) is 0 Å². The summed E-state index contributed by atoms with van der Waals surface area (Å²) in [5.41, 5.74) is 0. The Bertz CT molecular complexity index is 410. The Balaban J connectivity index is 0.00000784. The van der Waals surface area contributed by atoms with Gasteiger partial charge >= 0.3 is 29.6 Å². The number of carbonyl (C=O) groups is 1. The Morgan fingerprint density at radius 3 is 2.00 bits per heavy atom. The summed E-state index contributed by atoms with van der Waals surface area (Å²) < 4.78 is 15.9. The molecule has 5 atom stereocenters. The van der Waals surface area contributed by atoms with Crippen molar-refractivity contribution < 1.29 is 69.0 Å². The summed E-state index contributed by atoms with van der Waals surface area (Å²) in [7, 11) is 0. The summed E-state index contributed by atoms with van der Waals surface area (Å²) in [6.07, 6.45) is 5.87. The number of aliphatic hydroxyl groups is 3. The van der Waals surface area contributed by atoms with Crippen LogP contribution in [-0.4, -0.2) is 71.8 Å². The summed E-state index contributed by atoms with van der Waals surface area (Å²) in [4.78, 5) is 10.5. The van der Waals surface area contributed by atoms with Crippen LogP contribution in [0.2, 0.25) is 0 Å². The molecule has 5 unspecified atom stereocenters. The molecule has 0 saturated carbocycles. The van der Waals surface area contributed by atoms with E-state index in [0.29, 0.717) is 6.61 Å². The molecule has 0 aromatic carbocycles. The summed E-state index contributed by atoms with van der Waals surface area (Å²) in [6.45, 7) is 1.32. The van der Waals surface area contributed by atoms with Crippen LogP contribution >= 0.6 is 0 Å². The monoisotopic (exact) mass is 428 g/mol. The minimum atomic E-state index is -1.46. The average Bonchev–Trinajstić information content (AvgIpc) is 2.68. The molecule has 0 aromatic heterocycles. The van der Waals surface area contributed by atoms with Crippen LogP contribution in [0.5, 0.6) is 0 Å². The van der Waals surface area contributed by atoms with Crippen LogP contribution in [0.1, 0.15) is 71.1 Å². The molecule has 29 heavy (non-hydrogen) atoms. The normalized spacial score (nSPS) is 26.8. The predicted octanol–water partition coefficient (Wildman–Crippen LogP) is -2.50. The van der Waals surface area contributed by atoms with Crippen molar-refractivity contribution in [3.05, 3.63) is 0 Å². The van der Waals surface area contributed by atoms with Gasteiger partial charge in [0.25, 0.3) is 0 Å². The average molecular weight is 428 g/mol. The summed E-state index contributed by atoms with van der Waals surface area (Å²) in [5, 5.41) is 40.2. The van der Waals surface area contributed by atoms with Crippen molar-refractivity contribution in [1.82, 2.24) is 0 Å². The molecular weight excluding hydrogens is 391 g/mol. The molecular formula is C20H37NaO8. The number of unbranched alkanes of at least 4 members (excludes halogenated alkanes) is 9. The van der Waals surface area contributed by atoms with Gasteiger partial charge in [-0.2, -0.15) is 0 Å². The minimum absolute atomic E-state index is 0. The standard InChI is InChI=1S/C20H38O8.Na/c1-2-3-4-5-6-7-8-9-10-11-12-26-20-18(25)17(24)19(15(13-21)28-20)27-14-16(22)23;/h15,17-21,24-25H,2-14H2,1H3,(H,22,23);/q;+1/p-1. The third kappa shape index (κ3) is 12.0. The largest absolute Gasteiger partial charge is 1.00 e. The van der Waals surface area contributed by atoms with Crippen LogP contribution < -0.4 is 34.7 Å².